The Hall–Kier alpha value is -2.46. The highest BCUT2D eigenvalue weighted by Crippen LogP contribution is 2.31. The monoisotopic (exact) mass is 480 g/mol. The largest absolute Gasteiger partial charge is 0.523 e. The average molecular weight is 480 g/mol. The number of esters is 4. The number of hydrogen-bond donors (Lipinski definition) is 0. The highest BCUT2D eigenvalue weighted by molar-refractivity contribution is 7.87. The Morgan fingerprint density at radius 2 is 1.19 bits per heavy atom. The first-order valence-corrected chi connectivity index (χ1v) is 9.76. The van der Waals surface area contributed by atoms with Crippen molar-refractivity contribution in [3.05, 3.63) is 0 Å². The van der Waals surface area contributed by atoms with Gasteiger partial charge in [0.2, 0.25) is 12.4 Å². The van der Waals surface area contributed by atoms with Crippen LogP contribution in [0, 0.1) is 0 Å². The predicted octanol–water partition coefficient (Wildman–Crippen LogP) is -0.0643. The fourth-order valence-electron chi connectivity index (χ4n) is 2.47. The van der Waals surface area contributed by atoms with Crippen LogP contribution in [-0.2, 0) is 57.2 Å². The van der Waals surface area contributed by atoms with Crippen molar-refractivity contribution in [3.63, 3.8) is 0 Å². The number of hydrogen-bond acceptors (Lipinski definition) is 12. The zero-order valence-electron chi connectivity index (χ0n) is 16.5. The molecule has 0 saturated carbocycles. The van der Waals surface area contributed by atoms with Crippen LogP contribution >= 0.6 is 0 Å². The van der Waals surface area contributed by atoms with Gasteiger partial charge in [0.15, 0.2) is 12.2 Å². The summed E-state index contributed by atoms with van der Waals surface area (Å²) in [6, 6.07) is 0. The van der Waals surface area contributed by atoms with Crippen molar-refractivity contribution in [1.82, 2.24) is 0 Å². The molecule has 0 aromatic rings. The third-order valence-electron chi connectivity index (χ3n) is 3.45. The van der Waals surface area contributed by atoms with Crippen molar-refractivity contribution < 1.29 is 68.6 Å². The molecular formula is C15H19F3O12S. The van der Waals surface area contributed by atoms with Gasteiger partial charge < -0.3 is 23.7 Å². The van der Waals surface area contributed by atoms with Crippen molar-refractivity contribution in [2.45, 2.75) is 63.9 Å². The second kappa shape index (κ2) is 10.2. The molecule has 0 bridgehead atoms. The van der Waals surface area contributed by atoms with Gasteiger partial charge in [-0.1, -0.05) is 0 Å². The van der Waals surface area contributed by atoms with Crippen LogP contribution in [0.25, 0.3) is 0 Å². The lowest BCUT2D eigenvalue weighted by Gasteiger charge is -2.43. The van der Waals surface area contributed by atoms with Crippen molar-refractivity contribution in [3.8, 4) is 0 Å². The Kier molecular flexibility index (Phi) is 8.77. The van der Waals surface area contributed by atoms with E-state index in [1.54, 1.807) is 0 Å². The second-order valence-electron chi connectivity index (χ2n) is 6.06. The summed E-state index contributed by atoms with van der Waals surface area (Å²) in [5.41, 5.74) is -5.77. The van der Waals surface area contributed by atoms with Crippen LogP contribution < -0.4 is 0 Å². The molecule has 16 heteroatoms. The Balaban J connectivity index is 3.37. The third-order valence-corrected chi connectivity index (χ3v) is 4.46. The molecule has 0 aromatic carbocycles. The molecule has 1 aliphatic rings. The average Bonchev–Trinajstić information content (AvgIpc) is 2.56. The van der Waals surface area contributed by atoms with Crippen LogP contribution in [0.3, 0.4) is 0 Å². The van der Waals surface area contributed by atoms with Crippen molar-refractivity contribution in [2.75, 3.05) is 6.61 Å². The fraction of sp³-hybridized carbons (Fsp3) is 0.733. The molecule has 0 radical (unpaired) electrons. The molecular weight excluding hydrogens is 461 g/mol. The lowest BCUT2D eigenvalue weighted by Crippen LogP contribution is -2.63. The molecule has 178 valence electrons. The quantitative estimate of drug-likeness (QED) is 0.207. The first-order valence-electron chi connectivity index (χ1n) is 8.35. The van der Waals surface area contributed by atoms with Gasteiger partial charge >= 0.3 is 39.5 Å². The van der Waals surface area contributed by atoms with E-state index in [9.17, 15) is 40.8 Å². The van der Waals surface area contributed by atoms with Crippen LogP contribution in [0.4, 0.5) is 13.2 Å². The van der Waals surface area contributed by atoms with Gasteiger partial charge in [0.25, 0.3) is 0 Å². The van der Waals surface area contributed by atoms with Crippen molar-refractivity contribution >= 4 is 34.0 Å². The van der Waals surface area contributed by atoms with Gasteiger partial charge in [0.1, 0.15) is 6.10 Å². The summed E-state index contributed by atoms with van der Waals surface area (Å²) in [5, 5.41) is 0. The molecule has 5 atom stereocenters. The molecule has 0 aromatic heterocycles. The second-order valence-corrected chi connectivity index (χ2v) is 7.67. The van der Waals surface area contributed by atoms with Gasteiger partial charge in [-0.05, 0) is 0 Å². The fourth-order valence-corrected chi connectivity index (χ4v) is 2.92. The van der Waals surface area contributed by atoms with Gasteiger partial charge in [0.05, 0.1) is 6.61 Å². The van der Waals surface area contributed by atoms with Crippen LogP contribution in [0.2, 0.25) is 0 Å². The first-order chi connectivity index (χ1) is 14.0. The lowest BCUT2D eigenvalue weighted by molar-refractivity contribution is -0.298. The highest BCUT2D eigenvalue weighted by Gasteiger charge is 2.55. The van der Waals surface area contributed by atoms with Gasteiger partial charge in [0, 0.05) is 27.7 Å². The zero-order valence-corrected chi connectivity index (χ0v) is 17.4. The molecule has 0 N–H and O–H groups in total. The molecule has 1 heterocycles. The molecule has 31 heavy (non-hydrogen) atoms. The summed E-state index contributed by atoms with van der Waals surface area (Å²) in [6.07, 6.45) is -9.02. The van der Waals surface area contributed by atoms with Crippen molar-refractivity contribution in [2.24, 2.45) is 0 Å². The molecule has 1 saturated heterocycles. The van der Waals surface area contributed by atoms with Crippen LogP contribution in [0.1, 0.15) is 27.7 Å². The van der Waals surface area contributed by atoms with Crippen molar-refractivity contribution in [1.29, 1.82) is 0 Å². The third kappa shape index (κ3) is 7.62. The van der Waals surface area contributed by atoms with E-state index in [0.29, 0.717) is 0 Å². The van der Waals surface area contributed by atoms with E-state index in [-0.39, 0.29) is 0 Å². The minimum absolute atomic E-state index is 0.883. The Bertz CT molecular complexity index is 809. The highest BCUT2D eigenvalue weighted by atomic mass is 32.2. The number of alkyl halides is 3. The molecule has 0 unspecified atom stereocenters. The van der Waals surface area contributed by atoms with E-state index in [2.05, 4.69) is 4.18 Å². The maximum atomic E-state index is 12.6. The summed E-state index contributed by atoms with van der Waals surface area (Å²) < 4.78 is 88.8. The van der Waals surface area contributed by atoms with Gasteiger partial charge in [-0.2, -0.15) is 21.6 Å². The maximum absolute atomic E-state index is 12.6. The molecule has 1 rings (SSSR count). The summed E-state index contributed by atoms with van der Waals surface area (Å²) in [6.45, 7) is 2.25. The van der Waals surface area contributed by atoms with E-state index in [4.69, 9.17) is 23.7 Å². The standard InChI is InChI=1S/C15H19F3O12S/c1-6(19)26-11-10(5-25-31(23,24)15(16,17)18)30-14(29-9(4)22)13(28-8(3)21)12(11)27-7(2)20/h10-14H,5H2,1-4H3/t10-,11-,12+,13-,14-/m1/s1. The van der Waals surface area contributed by atoms with Gasteiger partial charge in [-0.25, -0.2) is 0 Å². The first kappa shape index (κ1) is 26.6. The number of halogens is 3. The maximum Gasteiger partial charge on any atom is 0.523 e. The normalized spacial score (nSPS) is 26.5. The molecule has 0 amide bonds. The molecule has 12 nitrogen and oxygen atoms in total. The van der Waals surface area contributed by atoms with Gasteiger partial charge in [-0.3, -0.25) is 23.4 Å². The molecule has 1 fully saturated rings. The summed E-state index contributed by atoms with van der Waals surface area (Å²) in [5.74, 6) is -4.02. The molecule has 0 spiro atoms. The minimum Gasteiger partial charge on any atom is -0.456 e. The lowest BCUT2D eigenvalue weighted by atomic mass is 9.98. The minimum atomic E-state index is -6.08. The van der Waals surface area contributed by atoms with E-state index in [1.807, 2.05) is 0 Å². The predicted molar refractivity (Wildman–Crippen MR) is 88.0 cm³/mol. The van der Waals surface area contributed by atoms with Crippen LogP contribution in [-0.4, -0.2) is 75.1 Å². The summed E-state index contributed by atoms with van der Waals surface area (Å²) in [7, 11) is -6.08. The SMILES string of the molecule is CC(=O)O[C@@H]1O[C@H](COS(=O)(=O)C(F)(F)F)[C@@H](OC(C)=O)[C@H](OC(C)=O)[C@H]1OC(C)=O. The topological polar surface area (TPSA) is 158 Å². The van der Waals surface area contributed by atoms with E-state index in [1.165, 1.54) is 0 Å². The van der Waals surface area contributed by atoms with Gasteiger partial charge in [-0.15, -0.1) is 0 Å². The summed E-state index contributed by atoms with van der Waals surface area (Å²) >= 11 is 0. The molecule has 0 aliphatic carbocycles. The molecule has 1 aliphatic heterocycles. The Morgan fingerprint density at radius 1 is 0.774 bits per heavy atom. The zero-order chi connectivity index (χ0) is 24.1. The number of carbonyl (C=O) groups is 4. The number of rotatable bonds is 7. The Labute approximate surface area is 174 Å². The van der Waals surface area contributed by atoms with E-state index >= 15 is 0 Å². The van der Waals surface area contributed by atoms with E-state index in [0.717, 1.165) is 27.7 Å². The Morgan fingerprint density at radius 3 is 1.61 bits per heavy atom. The number of ether oxygens (including phenoxy) is 5. The van der Waals surface area contributed by atoms with Crippen LogP contribution in [0.5, 0.6) is 0 Å². The number of carbonyl (C=O) groups excluding carboxylic acids is 4. The van der Waals surface area contributed by atoms with Crippen LogP contribution in [0.15, 0.2) is 0 Å². The van der Waals surface area contributed by atoms with E-state index < -0.39 is 76.8 Å². The summed E-state index contributed by atoms with van der Waals surface area (Å²) in [4.78, 5) is 45.9. The smallest absolute Gasteiger partial charge is 0.456 e.